The number of allylic oxidation sites excluding steroid dienone is 2. The van der Waals surface area contributed by atoms with Crippen LogP contribution in [0.5, 0.6) is 0 Å². The monoisotopic (exact) mass is 319 g/mol. The highest BCUT2D eigenvalue weighted by Crippen LogP contribution is 2.26. The quantitative estimate of drug-likeness (QED) is 0.616. The second kappa shape index (κ2) is 6.19. The SMILES string of the molecule is C=C(C(=O)OC)N(C1C=CC=C1)S(=O)(=O)c1ccc(C)cc1. The molecule has 1 aliphatic rings. The van der Waals surface area contributed by atoms with E-state index in [-0.39, 0.29) is 10.6 Å². The fourth-order valence-electron chi connectivity index (χ4n) is 2.09. The summed E-state index contributed by atoms with van der Waals surface area (Å²) in [7, 11) is -2.74. The molecule has 0 heterocycles. The molecular weight excluding hydrogens is 302 g/mol. The summed E-state index contributed by atoms with van der Waals surface area (Å²) in [6, 6.07) is 5.81. The van der Waals surface area contributed by atoms with Crippen LogP contribution in [0, 0.1) is 6.92 Å². The topological polar surface area (TPSA) is 63.7 Å². The lowest BCUT2D eigenvalue weighted by Crippen LogP contribution is -2.39. The van der Waals surface area contributed by atoms with Crippen molar-refractivity contribution in [2.45, 2.75) is 17.9 Å². The van der Waals surface area contributed by atoms with Crippen molar-refractivity contribution in [1.29, 1.82) is 0 Å². The first-order chi connectivity index (χ1) is 10.4. The van der Waals surface area contributed by atoms with E-state index in [0.717, 1.165) is 9.87 Å². The summed E-state index contributed by atoms with van der Waals surface area (Å²) in [5.74, 6) is -0.788. The van der Waals surface area contributed by atoms with Crippen LogP contribution in [0.1, 0.15) is 5.56 Å². The first kappa shape index (κ1) is 16.0. The fraction of sp³-hybridized carbons (Fsp3) is 0.188. The third kappa shape index (κ3) is 2.96. The number of rotatable bonds is 5. The average molecular weight is 319 g/mol. The number of benzene rings is 1. The van der Waals surface area contributed by atoms with Crippen LogP contribution in [0.25, 0.3) is 0 Å². The number of methoxy groups -OCH3 is 1. The Labute approximate surface area is 130 Å². The summed E-state index contributed by atoms with van der Waals surface area (Å²) in [6.45, 7) is 5.45. The lowest BCUT2D eigenvalue weighted by molar-refractivity contribution is -0.137. The van der Waals surface area contributed by atoms with Crippen molar-refractivity contribution >= 4 is 16.0 Å². The number of esters is 1. The molecule has 0 aliphatic heterocycles. The van der Waals surface area contributed by atoms with Gasteiger partial charge in [0, 0.05) is 0 Å². The van der Waals surface area contributed by atoms with E-state index in [1.807, 2.05) is 6.92 Å². The summed E-state index contributed by atoms with van der Waals surface area (Å²) in [5.41, 5.74) is 0.710. The van der Waals surface area contributed by atoms with E-state index in [2.05, 4.69) is 11.3 Å². The number of sulfonamides is 1. The Kier molecular flexibility index (Phi) is 4.51. The molecule has 0 N–H and O–H groups in total. The van der Waals surface area contributed by atoms with Crippen molar-refractivity contribution in [2.75, 3.05) is 7.11 Å². The Morgan fingerprint density at radius 2 is 1.73 bits per heavy atom. The maximum Gasteiger partial charge on any atom is 0.354 e. The molecule has 0 amide bonds. The van der Waals surface area contributed by atoms with Crippen LogP contribution in [0.15, 0.2) is 65.7 Å². The van der Waals surface area contributed by atoms with Gasteiger partial charge < -0.3 is 4.74 Å². The zero-order valence-corrected chi connectivity index (χ0v) is 13.2. The van der Waals surface area contributed by atoms with E-state index >= 15 is 0 Å². The molecule has 0 saturated carbocycles. The zero-order valence-electron chi connectivity index (χ0n) is 12.4. The van der Waals surface area contributed by atoms with Gasteiger partial charge in [-0.25, -0.2) is 17.5 Å². The Morgan fingerprint density at radius 1 is 1.18 bits per heavy atom. The van der Waals surface area contributed by atoms with Crippen molar-refractivity contribution in [3.05, 3.63) is 66.4 Å². The van der Waals surface area contributed by atoms with Crippen LogP contribution in [-0.2, 0) is 19.6 Å². The van der Waals surface area contributed by atoms with Gasteiger partial charge in [0.25, 0.3) is 10.0 Å². The van der Waals surface area contributed by atoms with Gasteiger partial charge in [-0.3, -0.25) is 0 Å². The van der Waals surface area contributed by atoms with Crippen LogP contribution in [0.4, 0.5) is 0 Å². The minimum atomic E-state index is -3.93. The molecular formula is C16H17NO4S. The summed E-state index contributed by atoms with van der Waals surface area (Å²) >= 11 is 0. The maximum atomic E-state index is 12.9. The van der Waals surface area contributed by atoms with E-state index in [4.69, 9.17) is 0 Å². The largest absolute Gasteiger partial charge is 0.464 e. The van der Waals surface area contributed by atoms with E-state index < -0.39 is 22.0 Å². The minimum absolute atomic E-state index is 0.0943. The third-order valence-electron chi connectivity index (χ3n) is 3.26. The Balaban J connectivity index is 2.50. The first-order valence-corrected chi connectivity index (χ1v) is 8.05. The van der Waals surface area contributed by atoms with Crippen molar-refractivity contribution < 1.29 is 17.9 Å². The van der Waals surface area contributed by atoms with Gasteiger partial charge in [-0.05, 0) is 19.1 Å². The highest BCUT2D eigenvalue weighted by atomic mass is 32.2. The van der Waals surface area contributed by atoms with Crippen LogP contribution < -0.4 is 0 Å². The van der Waals surface area contributed by atoms with Crippen LogP contribution in [0.2, 0.25) is 0 Å². The molecule has 6 heteroatoms. The van der Waals surface area contributed by atoms with Crippen molar-refractivity contribution in [3.63, 3.8) is 0 Å². The molecule has 1 aromatic rings. The number of carbonyl (C=O) groups is 1. The Hall–Kier alpha value is -2.34. The average Bonchev–Trinajstić information content (AvgIpc) is 3.00. The van der Waals surface area contributed by atoms with E-state index in [1.54, 1.807) is 36.4 Å². The number of carbonyl (C=O) groups excluding carboxylic acids is 1. The van der Waals surface area contributed by atoms with Crippen LogP contribution >= 0.6 is 0 Å². The van der Waals surface area contributed by atoms with E-state index in [9.17, 15) is 13.2 Å². The summed E-state index contributed by atoms with van der Waals surface area (Å²) in [4.78, 5) is 11.9. The smallest absolute Gasteiger partial charge is 0.354 e. The van der Waals surface area contributed by atoms with Gasteiger partial charge in [-0.2, -0.15) is 0 Å². The second-order valence-corrected chi connectivity index (χ2v) is 6.63. The molecule has 0 aromatic heterocycles. The Morgan fingerprint density at radius 3 is 2.23 bits per heavy atom. The standard InChI is InChI=1S/C16H17NO4S/c1-12-8-10-15(11-9-12)22(19,20)17(13(2)16(18)21-3)14-6-4-5-7-14/h4-11,14H,2H2,1,3H3. The molecule has 116 valence electrons. The number of nitrogens with zero attached hydrogens (tertiary/aromatic N) is 1. The van der Waals surface area contributed by atoms with Crippen LogP contribution in [0.3, 0.4) is 0 Å². The van der Waals surface area contributed by atoms with Gasteiger partial charge >= 0.3 is 5.97 Å². The number of hydrogen-bond donors (Lipinski definition) is 0. The molecule has 0 fully saturated rings. The van der Waals surface area contributed by atoms with Crippen molar-refractivity contribution in [3.8, 4) is 0 Å². The molecule has 5 nitrogen and oxygen atoms in total. The molecule has 0 radical (unpaired) electrons. The molecule has 0 spiro atoms. The molecule has 1 aromatic carbocycles. The van der Waals surface area contributed by atoms with Gasteiger partial charge in [-0.15, -0.1) is 0 Å². The number of hydrogen-bond acceptors (Lipinski definition) is 4. The van der Waals surface area contributed by atoms with Gasteiger partial charge in [0.05, 0.1) is 18.0 Å². The first-order valence-electron chi connectivity index (χ1n) is 6.61. The predicted octanol–water partition coefficient (Wildman–Crippen LogP) is 2.17. The lowest BCUT2D eigenvalue weighted by Gasteiger charge is -2.28. The summed E-state index contributed by atoms with van der Waals surface area (Å²) in [5, 5.41) is 0. The molecule has 0 saturated heterocycles. The summed E-state index contributed by atoms with van der Waals surface area (Å²) < 4.78 is 31.3. The molecule has 2 rings (SSSR count). The van der Waals surface area contributed by atoms with Gasteiger partial charge in [0.15, 0.2) is 0 Å². The van der Waals surface area contributed by atoms with Crippen molar-refractivity contribution in [1.82, 2.24) is 4.31 Å². The molecule has 1 aliphatic carbocycles. The minimum Gasteiger partial charge on any atom is -0.464 e. The van der Waals surface area contributed by atoms with Gasteiger partial charge in [0.2, 0.25) is 0 Å². The second-order valence-electron chi connectivity index (χ2n) is 4.81. The third-order valence-corrected chi connectivity index (χ3v) is 5.11. The molecule has 0 unspecified atom stereocenters. The maximum absolute atomic E-state index is 12.9. The molecule has 0 bridgehead atoms. The molecule has 0 atom stereocenters. The van der Waals surface area contributed by atoms with Crippen molar-refractivity contribution in [2.24, 2.45) is 0 Å². The number of ether oxygens (including phenoxy) is 1. The highest BCUT2D eigenvalue weighted by Gasteiger charge is 2.34. The lowest BCUT2D eigenvalue weighted by atomic mass is 10.2. The Bertz CT molecular complexity index is 733. The highest BCUT2D eigenvalue weighted by molar-refractivity contribution is 7.89. The number of aryl methyl sites for hydroxylation is 1. The summed E-state index contributed by atoms with van der Waals surface area (Å²) in [6.07, 6.45) is 6.76. The predicted molar refractivity (Wildman–Crippen MR) is 83.4 cm³/mol. The molecule has 22 heavy (non-hydrogen) atoms. The van der Waals surface area contributed by atoms with Crippen LogP contribution in [-0.4, -0.2) is 31.8 Å². The van der Waals surface area contributed by atoms with E-state index in [0.29, 0.717) is 0 Å². The van der Waals surface area contributed by atoms with Gasteiger partial charge in [-0.1, -0.05) is 48.6 Å². The fourth-order valence-corrected chi connectivity index (χ4v) is 3.63. The zero-order chi connectivity index (χ0) is 16.3. The van der Waals surface area contributed by atoms with Gasteiger partial charge in [0.1, 0.15) is 5.70 Å². The van der Waals surface area contributed by atoms with E-state index in [1.165, 1.54) is 19.2 Å². The normalized spacial score (nSPS) is 14.1.